The van der Waals surface area contributed by atoms with Crippen molar-refractivity contribution in [2.45, 2.75) is 25.9 Å². The lowest BCUT2D eigenvalue weighted by molar-refractivity contribution is -0.134. The molecule has 0 N–H and O–H groups in total. The van der Waals surface area contributed by atoms with E-state index < -0.39 is 12.6 Å². The zero-order valence-corrected chi connectivity index (χ0v) is 6.35. The van der Waals surface area contributed by atoms with Crippen molar-refractivity contribution in [3.8, 4) is 0 Å². The second kappa shape index (κ2) is 3.12. The number of hydrogen-bond acceptors (Lipinski definition) is 3. The minimum Gasteiger partial charge on any atom is -0.339 e. The fourth-order valence-corrected chi connectivity index (χ4v) is 0.690. The SMILES string of the molecule is Cc1noc(CCC(F)(F)F)n1. The molecule has 0 aliphatic carbocycles. The van der Waals surface area contributed by atoms with Gasteiger partial charge in [0.2, 0.25) is 5.89 Å². The normalized spacial score (nSPS) is 12.0. The summed E-state index contributed by atoms with van der Waals surface area (Å²) in [7, 11) is 0. The predicted molar refractivity (Wildman–Crippen MR) is 33.4 cm³/mol. The van der Waals surface area contributed by atoms with E-state index in [1.807, 2.05) is 0 Å². The molecule has 0 aliphatic heterocycles. The molecule has 0 saturated carbocycles. The van der Waals surface area contributed by atoms with Gasteiger partial charge in [0.15, 0.2) is 5.82 Å². The van der Waals surface area contributed by atoms with Gasteiger partial charge in [0.05, 0.1) is 6.42 Å². The summed E-state index contributed by atoms with van der Waals surface area (Å²) in [5, 5.41) is 3.36. The van der Waals surface area contributed by atoms with Crippen molar-refractivity contribution in [3.63, 3.8) is 0 Å². The zero-order valence-electron chi connectivity index (χ0n) is 6.35. The van der Waals surface area contributed by atoms with Crippen LogP contribution in [-0.4, -0.2) is 16.3 Å². The molecule has 12 heavy (non-hydrogen) atoms. The minimum atomic E-state index is -4.16. The molecule has 0 bridgehead atoms. The number of hydrogen-bond donors (Lipinski definition) is 0. The first kappa shape index (κ1) is 9.02. The molecule has 68 valence electrons. The van der Waals surface area contributed by atoms with Gasteiger partial charge < -0.3 is 4.52 Å². The molecule has 6 heteroatoms. The monoisotopic (exact) mass is 180 g/mol. The Kier molecular flexibility index (Phi) is 2.35. The summed E-state index contributed by atoms with van der Waals surface area (Å²) in [6.07, 6.45) is -5.33. The highest BCUT2D eigenvalue weighted by Crippen LogP contribution is 2.21. The molecule has 0 spiro atoms. The summed E-state index contributed by atoms with van der Waals surface area (Å²) in [6.45, 7) is 1.56. The second-order valence-electron chi connectivity index (χ2n) is 2.35. The summed E-state index contributed by atoms with van der Waals surface area (Å²) >= 11 is 0. The van der Waals surface area contributed by atoms with Crippen LogP contribution < -0.4 is 0 Å². The van der Waals surface area contributed by atoms with Gasteiger partial charge in [0.1, 0.15) is 0 Å². The van der Waals surface area contributed by atoms with E-state index in [0.29, 0.717) is 5.82 Å². The third-order valence-corrected chi connectivity index (χ3v) is 1.19. The number of aromatic nitrogens is 2. The molecule has 0 amide bonds. The maximum Gasteiger partial charge on any atom is 0.389 e. The molecule has 0 radical (unpaired) electrons. The van der Waals surface area contributed by atoms with E-state index in [-0.39, 0.29) is 12.3 Å². The standard InChI is InChI=1S/C6H7F3N2O/c1-4-10-5(12-11-4)2-3-6(7,8)9/h2-3H2,1H3. The molecular formula is C6H7F3N2O. The van der Waals surface area contributed by atoms with Gasteiger partial charge in [-0.15, -0.1) is 0 Å². The topological polar surface area (TPSA) is 38.9 Å². The Morgan fingerprint density at radius 2 is 2.08 bits per heavy atom. The van der Waals surface area contributed by atoms with Gasteiger partial charge in [-0.25, -0.2) is 0 Å². The van der Waals surface area contributed by atoms with Crippen LogP contribution in [0.3, 0.4) is 0 Å². The van der Waals surface area contributed by atoms with E-state index in [1.54, 1.807) is 6.92 Å². The van der Waals surface area contributed by atoms with Crippen LogP contribution in [0.25, 0.3) is 0 Å². The number of nitrogens with zero attached hydrogens (tertiary/aromatic N) is 2. The lowest BCUT2D eigenvalue weighted by Gasteiger charge is -2.01. The molecule has 1 rings (SSSR count). The Balaban J connectivity index is 2.44. The Hall–Kier alpha value is -1.07. The van der Waals surface area contributed by atoms with Crippen LogP contribution in [0.5, 0.6) is 0 Å². The van der Waals surface area contributed by atoms with Crippen molar-refractivity contribution in [3.05, 3.63) is 11.7 Å². The van der Waals surface area contributed by atoms with Gasteiger partial charge in [-0.1, -0.05) is 5.16 Å². The molecule has 0 aromatic carbocycles. The zero-order chi connectivity index (χ0) is 9.19. The maximum atomic E-state index is 11.7. The van der Waals surface area contributed by atoms with Crippen LogP contribution in [0, 0.1) is 6.92 Å². The van der Waals surface area contributed by atoms with Gasteiger partial charge in [-0.3, -0.25) is 0 Å². The molecule has 1 heterocycles. The smallest absolute Gasteiger partial charge is 0.339 e. The van der Waals surface area contributed by atoms with Crippen LogP contribution >= 0.6 is 0 Å². The van der Waals surface area contributed by atoms with Crippen molar-refractivity contribution >= 4 is 0 Å². The highest BCUT2D eigenvalue weighted by molar-refractivity contribution is 4.83. The highest BCUT2D eigenvalue weighted by Gasteiger charge is 2.27. The van der Waals surface area contributed by atoms with Gasteiger partial charge in [-0.05, 0) is 6.92 Å². The van der Waals surface area contributed by atoms with E-state index >= 15 is 0 Å². The Bertz CT molecular complexity index is 256. The van der Waals surface area contributed by atoms with Crippen LogP contribution in [0.4, 0.5) is 13.2 Å². The summed E-state index contributed by atoms with van der Waals surface area (Å²) in [4.78, 5) is 3.64. The van der Waals surface area contributed by atoms with Crippen LogP contribution in [0.2, 0.25) is 0 Å². The van der Waals surface area contributed by atoms with Crippen molar-refractivity contribution in [2.75, 3.05) is 0 Å². The van der Waals surface area contributed by atoms with Gasteiger partial charge in [0, 0.05) is 6.42 Å². The minimum absolute atomic E-state index is 0.0322. The number of alkyl halides is 3. The molecular weight excluding hydrogens is 173 g/mol. The number of aryl methyl sites for hydroxylation is 2. The maximum absolute atomic E-state index is 11.7. The molecule has 0 fully saturated rings. The molecule has 0 aliphatic rings. The summed E-state index contributed by atoms with van der Waals surface area (Å²) in [5.41, 5.74) is 0. The summed E-state index contributed by atoms with van der Waals surface area (Å²) in [6, 6.07) is 0. The van der Waals surface area contributed by atoms with Gasteiger partial charge in [-0.2, -0.15) is 18.2 Å². The second-order valence-corrected chi connectivity index (χ2v) is 2.35. The van der Waals surface area contributed by atoms with E-state index in [2.05, 4.69) is 14.7 Å². The fourth-order valence-electron chi connectivity index (χ4n) is 0.690. The van der Waals surface area contributed by atoms with E-state index in [9.17, 15) is 13.2 Å². The van der Waals surface area contributed by atoms with Crippen LogP contribution in [-0.2, 0) is 6.42 Å². The largest absolute Gasteiger partial charge is 0.389 e. The summed E-state index contributed by atoms with van der Waals surface area (Å²) < 4.78 is 39.5. The molecule has 0 saturated heterocycles. The first-order valence-electron chi connectivity index (χ1n) is 3.33. The third-order valence-electron chi connectivity index (χ3n) is 1.19. The van der Waals surface area contributed by atoms with E-state index in [0.717, 1.165) is 0 Å². The van der Waals surface area contributed by atoms with Crippen molar-refractivity contribution < 1.29 is 17.7 Å². The van der Waals surface area contributed by atoms with E-state index in [4.69, 9.17) is 0 Å². The van der Waals surface area contributed by atoms with Crippen molar-refractivity contribution in [1.29, 1.82) is 0 Å². The van der Waals surface area contributed by atoms with Crippen LogP contribution in [0.15, 0.2) is 4.52 Å². The third kappa shape index (κ3) is 2.89. The van der Waals surface area contributed by atoms with Crippen LogP contribution in [0.1, 0.15) is 18.1 Å². The first-order valence-corrected chi connectivity index (χ1v) is 3.33. The summed E-state index contributed by atoms with van der Waals surface area (Å²) in [5.74, 6) is 0.386. The molecule has 3 nitrogen and oxygen atoms in total. The molecule has 0 atom stereocenters. The predicted octanol–water partition coefficient (Wildman–Crippen LogP) is 1.87. The molecule has 1 aromatic heterocycles. The van der Waals surface area contributed by atoms with Gasteiger partial charge in [0.25, 0.3) is 0 Å². The lowest BCUT2D eigenvalue weighted by atomic mass is 10.3. The van der Waals surface area contributed by atoms with Crippen molar-refractivity contribution in [2.24, 2.45) is 0 Å². The Morgan fingerprint density at radius 1 is 1.42 bits per heavy atom. The Labute approximate surface area is 66.6 Å². The molecule has 0 unspecified atom stereocenters. The average Bonchev–Trinajstić information content (AvgIpc) is 2.30. The number of rotatable bonds is 2. The first-order chi connectivity index (χ1) is 5.47. The van der Waals surface area contributed by atoms with E-state index in [1.165, 1.54) is 0 Å². The average molecular weight is 180 g/mol. The molecule has 1 aromatic rings. The van der Waals surface area contributed by atoms with Crippen molar-refractivity contribution in [1.82, 2.24) is 10.1 Å². The van der Waals surface area contributed by atoms with Gasteiger partial charge >= 0.3 is 6.18 Å². The Morgan fingerprint density at radius 3 is 2.50 bits per heavy atom. The number of halogens is 3. The quantitative estimate of drug-likeness (QED) is 0.697. The fraction of sp³-hybridized carbons (Fsp3) is 0.667. The lowest BCUT2D eigenvalue weighted by Crippen LogP contribution is -2.08. The highest BCUT2D eigenvalue weighted by atomic mass is 19.4.